The third kappa shape index (κ3) is 3.22. The zero-order valence-electron chi connectivity index (χ0n) is 11.0. The SMILES string of the molecule is CC1CCCCCC1NCc1cccc(F)c1O. The van der Waals surface area contributed by atoms with Gasteiger partial charge in [0.2, 0.25) is 0 Å². The predicted molar refractivity (Wildman–Crippen MR) is 70.9 cm³/mol. The summed E-state index contributed by atoms with van der Waals surface area (Å²) >= 11 is 0. The number of para-hydroxylation sites is 1. The van der Waals surface area contributed by atoms with Gasteiger partial charge < -0.3 is 10.4 Å². The molecule has 0 amide bonds. The molecule has 0 spiro atoms. The first-order valence-corrected chi connectivity index (χ1v) is 6.88. The second-order valence-corrected chi connectivity index (χ2v) is 5.35. The lowest BCUT2D eigenvalue weighted by Crippen LogP contribution is -2.33. The summed E-state index contributed by atoms with van der Waals surface area (Å²) in [5.74, 6) is -0.0994. The molecule has 2 unspecified atom stereocenters. The highest BCUT2D eigenvalue weighted by molar-refractivity contribution is 5.33. The largest absolute Gasteiger partial charge is 0.505 e. The van der Waals surface area contributed by atoms with E-state index >= 15 is 0 Å². The molecule has 1 aromatic rings. The van der Waals surface area contributed by atoms with Crippen LogP contribution in [0.4, 0.5) is 4.39 Å². The third-order valence-corrected chi connectivity index (χ3v) is 3.99. The zero-order valence-corrected chi connectivity index (χ0v) is 11.0. The summed E-state index contributed by atoms with van der Waals surface area (Å²) in [5, 5.41) is 13.1. The summed E-state index contributed by atoms with van der Waals surface area (Å²) in [5.41, 5.74) is 0.645. The predicted octanol–water partition coefficient (Wildman–Crippen LogP) is 3.59. The fraction of sp³-hybridized carbons (Fsp3) is 0.600. The standard InChI is InChI=1S/C15H22FNO/c1-11-6-3-2-4-9-14(11)17-10-12-7-5-8-13(16)15(12)18/h5,7-8,11,14,17-18H,2-4,6,9-10H2,1H3. The molecule has 0 bridgehead atoms. The lowest BCUT2D eigenvalue weighted by atomic mass is 9.96. The minimum absolute atomic E-state index is 0.216. The number of hydrogen-bond donors (Lipinski definition) is 2. The van der Waals surface area contributed by atoms with Gasteiger partial charge in [-0.25, -0.2) is 4.39 Å². The molecule has 1 fully saturated rings. The highest BCUT2D eigenvalue weighted by atomic mass is 19.1. The number of phenols is 1. The molecule has 0 aliphatic heterocycles. The topological polar surface area (TPSA) is 32.3 Å². The van der Waals surface area contributed by atoms with E-state index in [9.17, 15) is 9.50 Å². The van der Waals surface area contributed by atoms with Crippen molar-refractivity contribution in [3.05, 3.63) is 29.6 Å². The van der Waals surface area contributed by atoms with Crippen LogP contribution in [0.25, 0.3) is 0 Å². The number of aromatic hydroxyl groups is 1. The number of phenolic OH excluding ortho intramolecular Hbond substituents is 1. The molecule has 0 aromatic heterocycles. The van der Waals surface area contributed by atoms with Crippen molar-refractivity contribution in [2.45, 2.75) is 51.6 Å². The van der Waals surface area contributed by atoms with Gasteiger partial charge in [0, 0.05) is 18.2 Å². The maximum Gasteiger partial charge on any atom is 0.165 e. The van der Waals surface area contributed by atoms with Gasteiger partial charge in [0.15, 0.2) is 11.6 Å². The molecule has 1 aromatic carbocycles. The molecule has 1 aliphatic rings. The number of halogens is 1. The van der Waals surface area contributed by atoms with Crippen LogP contribution in [-0.2, 0) is 6.54 Å². The van der Waals surface area contributed by atoms with E-state index < -0.39 is 5.82 Å². The van der Waals surface area contributed by atoms with Crippen LogP contribution in [0.15, 0.2) is 18.2 Å². The van der Waals surface area contributed by atoms with Crippen LogP contribution >= 0.6 is 0 Å². The Labute approximate surface area is 108 Å². The first kappa shape index (κ1) is 13.3. The van der Waals surface area contributed by atoms with E-state index in [0.29, 0.717) is 24.1 Å². The summed E-state index contributed by atoms with van der Waals surface area (Å²) in [6, 6.07) is 5.18. The van der Waals surface area contributed by atoms with E-state index in [2.05, 4.69) is 12.2 Å². The molecule has 2 N–H and O–H groups in total. The van der Waals surface area contributed by atoms with Crippen LogP contribution in [0.3, 0.4) is 0 Å². The first-order valence-electron chi connectivity index (χ1n) is 6.88. The van der Waals surface area contributed by atoms with Gasteiger partial charge >= 0.3 is 0 Å². The fourth-order valence-corrected chi connectivity index (χ4v) is 2.74. The molecule has 0 saturated heterocycles. The lowest BCUT2D eigenvalue weighted by molar-refractivity contribution is 0.351. The summed E-state index contributed by atoms with van der Waals surface area (Å²) in [4.78, 5) is 0. The van der Waals surface area contributed by atoms with E-state index in [4.69, 9.17) is 0 Å². The van der Waals surface area contributed by atoms with Crippen molar-refractivity contribution >= 4 is 0 Å². The van der Waals surface area contributed by atoms with Gasteiger partial charge in [-0.05, 0) is 24.8 Å². The molecule has 1 saturated carbocycles. The second-order valence-electron chi connectivity index (χ2n) is 5.35. The van der Waals surface area contributed by atoms with Gasteiger partial charge in [0.25, 0.3) is 0 Å². The minimum Gasteiger partial charge on any atom is -0.505 e. The molecular formula is C15H22FNO. The number of hydrogen-bond acceptors (Lipinski definition) is 2. The Hall–Kier alpha value is -1.09. The monoisotopic (exact) mass is 251 g/mol. The van der Waals surface area contributed by atoms with Gasteiger partial charge in [0.1, 0.15) is 0 Å². The van der Waals surface area contributed by atoms with Crippen LogP contribution < -0.4 is 5.32 Å². The molecule has 0 heterocycles. The van der Waals surface area contributed by atoms with Crippen molar-refractivity contribution in [2.24, 2.45) is 5.92 Å². The van der Waals surface area contributed by atoms with Crippen LogP contribution in [0.5, 0.6) is 5.75 Å². The Bertz CT molecular complexity index is 394. The van der Waals surface area contributed by atoms with Crippen molar-refractivity contribution in [3.8, 4) is 5.75 Å². The number of benzene rings is 1. The number of nitrogens with one attached hydrogen (secondary N) is 1. The molecule has 18 heavy (non-hydrogen) atoms. The van der Waals surface area contributed by atoms with Crippen molar-refractivity contribution < 1.29 is 9.50 Å². The Balaban J connectivity index is 1.95. The second kappa shape index (κ2) is 6.19. The smallest absolute Gasteiger partial charge is 0.165 e. The van der Waals surface area contributed by atoms with Gasteiger partial charge in [0.05, 0.1) is 0 Å². The van der Waals surface area contributed by atoms with Crippen molar-refractivity contribution in [1.29, 1.82) is 0 Å². The maximum absolute atomic E-state index is 13.2. The average molecular weight is 251 g/mol. The summed E-state index contributed by atoms with van der Waals surface area (Å²) in [7, 11) is 0. The molecule has 3 heteroatoms. The Morgan fingerprint density at radius 3 is 2.89 bits per heavy atom. The molecule has 0 radical (unpaired) electrons. The van der Waals surface area contributed by atoms with Crippen LogP contribution in [-0.4, -0.2) is 11.1 Å². The first-order chi connectivity index (χ1) is 8.68. The van der Waals surface area contributed by atoms with Crippen molar-refractivity contribution in [2.75, 3.05) is 0 Å². The molecule has 100 valence electrons. The fourth-order valence-electron chi connectivity index (χ4n) is 2.74. The molecule has 1 aliphatic carbocycles. The van der Waals surface area contributed by atoms with Gasteiger partial charge in [-0.1, -0.05) is 38.3 Å². The summed E-state index contributed by atoms with van der Waals surface area (Å²) in [6.07, 6.45) is 6.32. The Morgan fingerprint density at radius 2 is 2.06 bits per heavy atom. The Kier molecular flexibility index (Phi) is 4.59. The lowest BCUT2D eigenvalue weighted by Gasteiger charge is -2.23. The highest BCUT2D eigenvalue weighted by Gasteiger charge is 2.19. The highest BCUT2D eigenvalue weighted by Crippen LogP contribution is 2.25. The van der Waals surface area contributed by atoms with Crippen molar-refractivity contribution in [3.63, 3.8) is 0 Å². The van der Waals surface area contributed by atoms with Crippen LogP contribution in [0.1, 0.15) is 44.6 Å². The molecule has 2 rings (SSSR count). The number of rotatable bonds is 3. The van der Waals surface area contributed by atoms with E-state index in [1.54, 1.807) is 12.1 Å². The van der Waals surface area contributed by atoms with E-state index in [1.807, 2.05) is 0 Å². The van der Waals surface area contributed by atoms with Crippen LogP contribution in [0, 0.1) is 11.7 Å². The Morgan fingerprint density at radius 1 is 1.28 bits per heavy atom. The van der Waals surface area contributed by atoms with Gasteiger partial charge in [-0.15, -0.1) is 0 Å². The van der Waals surface area contributed by atoms with E-state index in [-0.39, 0.29) is 5.75 Å². The zero-order chi connectivity index (χ0) is 13.0. The molecule has 2 atom stereocenters. The van der Waals surface area contributed by atoms with Crippen molar-refractivity contribution in [1.82, 2.24) is 5.32 Å². The molecule has 2 nitrogen and oxygen atoms in total. The average Bonchev–Trinajstić information content (AvgIpc) is 2.56. The van der Waals surface area contributed by atoms with Gasteiger partial charge in [-0.3, -0.25) is 0 Å². The third-order valence-electron chi connectivity index (χ3n) is 3.99. The summed E-state index contributed by atoms with van der Waals surface area (Å²) in [6.45, 7) is 2.81. The van der Waals surface area contributed by atoms with E-state index in [0.717, 1.165) is 0 Å². The normalized spacial score (nSPS) is 24.8. The van der Waals surface area contributed by atoms with Gasteiger partial charge in [-0.2, -0.15) is 0 Å². The van der Waals surface area contributed by atoms with E-state index in [1.165, 1.54) is 38.2 Å². The minimum atomic E-state index is -0.539. The quantitative estimate of drug-likeness (QED) is 0.805. The molecular weight excluding hydrogens is 229 g/mol. The maximum atomic E-state index is 13.2. The summed E-state index contributed by atoms with van der Waals surface area (Å²) < 4.78 is 13.2. The van der Waals surface area contributed by atoms with Crippen LogP contribution in [0.2, 0.25) is 0 Å².